The van der Waals surface area contributed by atoms with Crippen LogP contribution in [0, 0.1) is 0 Å². The summed E-state index contributed by atoms with van der Waals surface area (Å²) >= 11 is 0. The van der Waals surface area contributed by atoms with Crippen molar-refractivity contribution in [2.24, 2.45) is 0 Å². The molecule has 0 aliphatic carbocycles. The Labute approximate surface area is 111 Å². The van der Waals surface area contributed by atoms with Gasteiger partial charge in [0.1, 0.15) is 5.75 Å². The van der Waals surface area contributed by atoms with E-state index < -0.39 is 0 Å². The van der Waals surface area contributed by atoms with Gasteiger partial charge < -0.3 is 14.8 Å². The molecule has 0 spiro atoms. The van der Waals surface area contributed by atoms with Crippen molar-refractivity contribution in [3.63, 3.8) is 0 Å². The van der Waals surface area contributed by atoms with Crippen molar-refractivity contribution in [3.05, 3.63) is 42.5 Å². The van der Waals surface area contributed by atoms with E-state index in [1.165, 1.54) is 0 Å². The van der Waals surface area contributed by atoms with Crippen LogP contribution in [0.1, 0.15) is 5.56 Å². The zero-order valence-corrected chi connectivity index (χ0v) is 10.7. The molecule has 0 aromatic carbocycles. The lowest BCUT2D eigenvalue weighted by Crippen LogP contribution is -2.18. The lowest BCUT2D eigenvalue weighted by Gasteiger charge is -2.05. The molecule has 0 unspecified atom stereocenters. The first-order chi connectivity index (χ1) is 9.38. The molecule has 100 valence electrons. The number of methoxy groups -OCH3 is 1. The summed E-state index contributed by atoms with van der Waals surface area (Å²) in [6.07, 6.45) is 6.77. The summed E-state index contributed by atoms with van der Waals surface area (Å²) in [5, 5.41) is 3.22. The third-order valence-corrected chi connectivity index (χ3v) is 2.34. The Kier molecular flexibility index (Phi) is 5.21. The Morgan fingerprint density at radius 3 is 2.74 bits per heavy atom. The number of pyridine rings is 1. The fraction of sp³-hybridized carbons (Fsp3) is 0.308. The molecule has 0 radical (unpaired) electrons. The van der Waals surface area contributed by atoms with Crippen molar-refractivity contribution >= 4 is 0 Å². The number of hydrogen-bond donors (Lipinski definition) is 1. The highest BCUT2D eigenvalue weighted by atomic mass is 16.5. The van der Waals surface area contributed by atoms with Crippen LogP contribution in [0.4, 0.5) is 0 Å². The summed E-state index contributed by atoms with van der Waals surface area (Å²) in [4.78, 5) is 12.2. The largest absolute Gasteiger partial charge is 0.423 e. The molecule has 0 saturated carbocycles. The van der Waals surface area contributed by atoms with E-state index in [1.807, 2.05) is 0 Å². The molecule has 0 saturated heterocycles. The highest BCUT2D eigenvalue weighted by Crippen LogP contribution is 2.14. The normalized spacial score (nSPS) is 10.4. The lowest BCUT2D eigenvalue weighted by molar-refractivity contribution is 0.199. The predicted octanol–water partition coefficient (Wildman–Crippen LogP) is 1.40. The molecule has 2 heterocycles. The maximum absolute atomic E-state index is 5.45. The standard InChI is InChI=1S/C13H16N4O2/c1-18-6-5-15-7-11-8-16-13(17-9-11)19-12-3-2-4-14-10-12/h2-4,8-10,15H,5-7H2,1H3. The average molecular weight is 260 g/mol. The molecule has 2 rings (SSSR count). The van der Waals surface area contributed by atoms with Crippen LogP contribution in [0.25, 0.3) is 0 Å². The number of rotatable bonds is 7. The lowest BCUT2D eigenvalue weighted by atomic mass is 10.3. The van der Waals surface area contributed by atoms with Gasteiger partial charge in [-0.2, -0.15) is 0 Å². The SMILES string of the molecule is COCCNCc1cnc(Oc2cccnc2)nc1. The maximum atomic E-state index is 5.45. The van der Waals surface area contributed by atoms with Crippen molar-refractivity contribution in [3.8, 4) is 11.8 Å². The van der Waals surface area contributed by atoms with Crippen LogP contribution in [-0.4, -0.2) is 35.2 Å². The third-order valence-electron chi connectivity index (χ3n) is 2.34. The van der Waals surface area contributed by atoms with E-state index in [9.17, 15) is 0 Å². The first-order valence-corrected chi connectivity index (χ1v) is 5.97. The molecule has 0 amide bonds. The van der Waals surface area contributed by atoms with E-state index in [-0.39, 0.29) is 0 Å². The Morgan fingerprint density at radius 1 is 1.21 bits per heavy atom. The Bertz CT molecular complexity index is 476. The molecule has 0 fully saturated rings. The predicted molar refractivity (Wildman–Crippen MR) is 69.9 cm³/mol. The molecule has 6 heteroatoms. The van der Waals surface area contributed by atoms with Crippen molar-refractivity contribution in [2.45, 2.75) is 6.54 Å². The average Bonchev–Trinajstić information content (AvgIpc) is 2.46. The van der Waals surface area contributed by atoms with E-state index >= 15 is 0 Å². The number of ether oxygens (including phenoxy) is 2. The summed E-state index contributed by atoms with van der Waals surface area (Å²) in [6, 6.07) is 3.91. The van der Waals surface area contributed by atoms with Gasteiger partial charge >= 0.3 is 6.01 Å². The van der Waals surface area contributed by atoms with Crippen LogP contribution in [0.15, 0.2) is 36.9 Å². The molecular weight excluding hydrogens is 244 g/mol. The summed E-state index contributed by atoms with van der Waals surface area (Å²) in [5.74, 6) is 0.619. The summed E-state index contributed by atoms with van der Waals surface area (Å²) in [6.45, 7) is 2.18. The molecule has 19 heavy (non-hydrogen) atoms. The minimum Gasteiger partial charge on any atom is -0.423 e. The fourth-order valence-electron chi connectivity index (χ4n) is 1.41. The van der Waals surface area contributed by atoms with Crippen LogP contribution in [-0.2, 0) is 11.3 Å². The first kappa shape index (κ1) is 13.4. The van der Waals surface area contributed by atoms with Gasteiger partial charge in [0.05, 0.1) is 12.8 Å². The zero-order valence-electron chi connectivity index (χ0n) is 10.7. The van der Waals surface area contributed by atoms with E-state index in [2.05, 4.69) is 20.3 Å². The number of nitrogens with zero attached hydrogens (tertiary/aromatic N) is 3. The topological polar surface area (TPSA) is 69.2 Å². The van der Waals surface area contributed by atoms with Crippen LogP contribution < -0.4 is 10.1 Å². The highest BCUT2D eigenvalue weighted by Gasteiger charge is 2.00. The number of hydrogen-bond acceptors (Lipinski definition) is 6. The van der Waals surface area contributed by atoms with Crippen molar-refractivity contribution in [2.75, 3.05) is 20.3 Å². The van der Waals surface area contributed by atoms with Crippen molar-refractivity contribution in [1.82, 2.24) is 20.3 Å². The molecule has 2 aromatic heterocycles. The van der Waals surface area contributed by atoms with Gasteiger partial charge in [-0.15, -0.1) is 0 Å². The highest BCUT2D eigenvalue weighted by molar-refractivity contribution is 5.20. The zero-order chi connectivity index (χ0) is 13.3. The summed E-state index contributed by atoms with van der Waals surface area (Å²) in [7, 11) is 1.68. The van der Waals surface area contributed by atoms with Gasteiger partial charge in [-0.1, -0.05) is 0 Å². The summed E-state index contributed by atoms with van der Waals surface area (Å²) in [5.41, 5.74) is 0.995. The third kappa shape index (κ3) is 4.61. The fourth-order valence-corrected chi connectivity index (χ4v) is 1.41. The Morgan fingerprint density at radius 2 is 2.05 bits per heavy atom. The maximum Gasteiger partial charge on any atom is 0.321 e. The molecule has 6 nitrogen and oxygen atoms in total. The molecule has 2 aromatic rings. The Balaban J connectivity index is 1.84. The van der Waals surface area contributed by atoms with E-state index in [0.29, 0.717) is 24.9 Å². The first-order valence-electron chi connectivity index (χ1n) is 5.97. The van der Waals surface area contributed by atoms with Gasteiger partial charge in [0, 0.05) is 44.4 Å². The minimum absolute atomic E-state index is 0.314. The van der Waals surface area contributed by atoms with Gasteiger partial charge in [0.2, 0.25) is 0 Å². The number of nitrogens with one attached hydrogen (secondary N) is 1. The monoisotopic (exact) mass is 260 g/mol. The smallest absolute Gasteiger partial charge is 0.321 e. The quantitative estimate of drug-likeness (QED) is 0.759. The van der Waals surface area contributed by atoms with Crippen LogP contribution in [0.3, 0.4) is 0 Å². The second-order valence-electron chi connectivity index (χ2n) is 3.83. The van der Waals surface area contributed by atoms with Crippen LogP contribution in [0.2, 0.25) is 0 Å². The molecule has 0 atom stereocenters. The van der Waals surface area contributed by atoms with Gasteiger partial charge in [-0.25, -0.2) is 9.97 Å². The van der Waals surface area contributed by atoms with Crippen LogP contribution in [0.5, 0.6) is 11.8 Å². The molecule has 1 N–H and O–H groups in total. The molecular formula is C13H16N4O2. The molecule has 0 aliphatic rings. The molecule has 0 aliphatic heterocycles. The minimum atomic E-state index is 0.314. The van der Waals surface area contributed by atoms with Gasteiger partial charge in [-0.05, 0) is 12.1 Å². The van der Waals surface area contributed by atoms with E-state index in [1.54, 1.807) is 44.0 Å². The molecule has 0 bridgehead atoms. The van der Waals surface area contributed by atoms with E-state index in [0.717, 1.165) is 12.1 Å². The second-order valence-corrected chi connectivity index (χ2v) is 3.83. The van der Waals surface area contributed by atoms with E-state index in [4.69, 9.17) is 9.47 Å². The Hall–Kier alpha value is -2.05. The second kappa shape index (κ2) is 7.40. The van der Waals surface area contributed by atoms with Gasteiger partial charge in [0.15, 0.2) is 0 Å². The van der Waals surface area contributed by atoms with Crippen LogP contribution >= 0.6 is 0 Å². The number of aromatic nitrogens is 3. The van der Waals surface area contributed by atoms with Crippen molar-refractivity contribution < 1.29 is 9.47 Å². The van der Waals surface area contributed by atoms with Crippen molar-refractivity contribution in [1.29, 1.82) is 0 Å². The summed E-state index contributed by atoms with van der Waals surface area (Å²) < 4.78 is 10.4. The van der Waals surface area contributed by atoms with Gasteiger partial charge in [0.25, 0.3) is 0 Å². The van der Waals surface area contributed by atoms with Gasteiger partial charge in [-0.3, -0.25) is 4.98 Å².